The minimum Gasteiger partial charge on any atom is -0.458 e. The number of halogens is 1. The van der Waals surface area contributed by atoms with E-state index in [2.05, 4.69) is 0 Å². The number of benzene rings is 2. The van der Waals surface area contributed by atoms with Gasteiger partial charge in [-0.3, -0.25) is 0 Å². The molecule has 4 heteroatoms. The number of ether oxygens (including phenoxy) is 1. The lowest BCUT2D eigenvalue weighted by Gasteiger charge is -2.02. The van der Waals surface area contributed by atoms with Gasteiger partial charge in [-0.15, -0.1) is 0 Å². The van der Waals surface area contributed by atoms with Gasteiger partial charge in [-0.25, -0.2) is 9.18 Å². The highest BCUT2D eigenvalue weighted by Gasteiger charge is 2.00. The van der Waals surface area contributed by atoms with E-state index in [0.29, 0.717) is 11.1 Å². The van der Waals surface area contributed by atoms with Gasteiger partial charge in [0.2, 0.25) is 0 Å². The van der Waals surface area contributed by atoms with Crippen LogP contribution in [0.1, 0.15) is 16.7 Å². The maximum Gasteiger partial charge on any atom is 0.331 e. The zero-order valence-corrected chi connectivity index (χ0v) is 11.1. The molecule has 104 valence electrons. The molecule has 0 fully saturated rings. The molecule has 0 heterocycles. The molecule has 0 bridgehead atoms. The predicted octanol–water partition coefficient (Wildman–Crippen LogP) is 3.45. The van der Waals surface area contributed by atoms with E-state index in [9.17, 15) is 9.18 Å². The smallest absolute Gasteiger partial charge is 0.331 e. The summed E-state index contributed by atoms with van der Waals surface area (Å²) in [5, 5.41) is 8.77. The second kappa shape index (κ2) is 7.01. The molecule has 3 nitrogen and oxygen atoms in total. The fourth-order valence-electron chi connectivity index (χ4n) is 1.71. The van der Waals surface area contributed by atoms with Crippen LogP contribution in [0.4, 0.5) is 4.39 Å². The van der Waals surface area contributed by atoms with Crippen molar-refractivity contribution in [1.29, 1.82) is 5.26 Å². The molecular weight excluding hydrogens is 269 g/mol. The summed E-state index contributed by atoms with van der Waals surface area (Å²) < 4.78 is 18.0. The average Bonchev–Trinajstić information content (AvgIpc) is 2.51. The van der Waals surface area contributed by atoms with Crippen molar-refractivity contribution >= 4 is 12.0 Å². The summed E-state index contributed by atoms with van der Waals surface area (Å²) in [5.74, 6) is -0.888. The van der Waals surface area contributed by atoms with E-state index in [1.165, 1.54) is 24.3 Å². The highest BCUT2D eigenvalue weighted by Crippen LogP contribution is 2.07. The average molecular weight is 281 g/mol. The second-order valence-corrected chi connectivity index (χ2v) is 4.31. The van der Waals surface area contributed by atoms with Crippen molar-refractivity contribution in [3.63, 3.8) is 0 Å². The van der Waals surface area contributed by atoms with Crippen molar-refractivity contribution in [2.24, 2.45) is 0 Å². The lowest BCUT2D eigenvalue weighted by Crippen LogP contribution is -2.00. The molecule has 0 spiro atoms. The SMILES string of the molecule is N#Cc1cccc(COC(=O)/C=C/c2cccc(F)c2)c1. The first-order chi connectivity index (χ1) is 10.2. The second-order valence-electron chi connectivity index (χ2n) is 4.31. The molecule has 0 aliphatic rings. The summed E-state index contributed by atoms with van der Waals surface area (Å²) in [5.41, 5.74) is 1.83. The predicted molar refractivity (Wildman–Crippen MR) is 76.4 cm³/mol. The molecule has 2 rings (SSSR count). The Hall–Kier alpha value is -2.93. The van der Waals surface area contributed by atoms with Gasteiger partial charge in [0.1, 0.15) is 12.4 Å². The summed E-state index contributed by atoms with van der Waals surface area (Å²) in [6.45, 7) is 0.0852. The van der Waals surface area contributed by atoms with Gasteiger partial charge in [0.05, 0.1) is 11.6 Å². The van der Waals surface area contributed by atoms with Crippen LogP contribution < -0.4 is 0 Å². The number of carbonyl (C=O) groups excluding carboxylic acids is 1. The van der Waals surface area contributed by atoms with Gasteiger partial charge < -0.3 is 4.74 Å². The Labute approximate surface area is 121 Å². The van der Waals surface area contributed by atoms with E-state index in [4.69, 9.17) is 10.00 Å². The van der Waals surface area contributed by atoms with E-state index < -0.39 is 5.97 Å². The van der Waals surface area contributed by atoms with Crippen LogP contribution in [0.15, 0.2) is 54.6 Å². The zero-order valence-electron chi connectivity index (χ0n) is 11.1. The monoisotopic (exact) mass is 281 g/mol. The van der Waals surface area contributed by atoms with Crippen LogP contribution in [0.2, 0.25) is 0 Å². The van der Waals surface area contributed by atoms with Gasteiger partial charge in [0, 0.05) is 6.08 Å². The van der Waals surface area contributed by atoms with Crippen molar-refractivity contribution < 1.29 is 13.9 Å². The molecule has 2 aromatic carbocycles. The summed E-state index contributed by atoms with van der Waals surface area (Å²) in [4.78, 5) is 11.6. The third kappa shape index (κ3) is 4.59. The maximum atomic E-state index is 13.0. The van der Waals surface area contributed by atoms with Crippen LogP contribution in [-0.4, -0.2) is 5.97 Å². The normalized spacial score (nSPS) is 10.3. The number of esters is 1. The minimum atomic E-state index is -0.526. The molecule has 0 aliphatic heterocycles. The van der Waals surface area contributed by atoms with E-state index >= 15 is 0 Å². The molecule has 0 amide bonds. The summed E-state index contributed by atoms with van der Waals surface area (Å²) >= 11 is 0. The largest absolute Gasteiger partial charge is 0.458 e. The molecule has 0 unspecified atom stereocenters. The quantitative estimate of drug-likeness (QED) is 0.637. The number of nitriles is 1. The molecule has 0 aromatic heterocycles. The Morgan fingerprint density at radius 2 is 2.05 bits per heavy atom. The van der Waals surface area contributed by atoms with Gasteiger partial charge >= 0.3 is 5.97 Å². The third-order valence-electron chi connectivity index (χ3n) is 2.70. The van der Waals surface area contributed by atoms with Crippen LogP contribution in [-0.2, 0) is 16.1 Å². The van der Waals surface area contributed by atoms with Crippen LogP contribution in [0.3, 0.4) is 0 Å². The van der Waals surface area contributed by atoms with E-state index in [0.717, 1.165) is 5.56 Å². The Morgan fingerprint density at radius 1 is 1.24 bits per heavy atom. The molecule has 0 radical (unpaired) electrons. The standard InChI is InChI=1S/C17H12FNO2/c18-16-6-2-3-13(10-16)7-8-17(20)21-12-15-5-1-4-14(9-15)11-19/h1-10H,12H2/b8-7+. The number of carbonyl (C=O) groups is 1. The first-order valence-electron chi connectivity index (χ1n) is 6.27. The molecule has 0 atom stereocenters. The highest BCUT2D eigenvalue weighted by molar-refractivity contribution is 5.87. The molecular formula is C17H12FNO2. The van der Waals surface area contributed by atoms with Gasteiger partial charge in [0.15, 0.2) is 0 Å². The van der Waals surface area contributed by atoms with Crippen molar-refractivity contribution in [2.45, 2.75) is 6.61 Å². The Balaban J connectivity index is 1.91. The highest BCUT2D eigenvalue weighted by atomic mass is 19.1. The minimum absolute atomic E-state index is 0.0852. The summed E-state index contributed by atoms with van der Waals surface area (Å²) in [7, 11) is 0. The molecule has 0 N–H and O–H groups in total. The zero-order chi connectivity index (χ0) is 15.1. The van der Waals surface area contributed by atoms with E-state index in [-0.39, 0.29) is 12.4 Å². The van der Waals surface area contributed by atoms with Crippen LogP contribution in [0.5, 0.6) is 0 Å². The molecule has 2 aromatic rings. The molecule has 0 saturated heterocycles. The lowest BCUT2D eigenvalue weighted by atomic mass is 10.1. The number of rotatable bonds is 4. The summed E-state index contributed by atoms with van der Waals surface area (Å²) in [6, 6.07) is 14.7. The van der Waals surface area contributed by atoms with Crippen molar-refractivity contribution in [1.82, 2.24) is 0 Å². The fraction of sp³-hybridized carbons (Fsp3) is 0.0588. The topological polar surface area (TPSA) is 50.1 Å². The Bertz CT molecular complexity index is 717. The molecule has 0 saturated carbocycles. The van der Waals surface area contributed by atoms with Crippen molar-refractivity contribution in [2.75, 3.05) is 0 Å². The van der Waals surface area contributed by atoms with E-state index in [1.54, 1.807) is 36.4 Å². The number of nitrogens with zero attached hydrogens (tertiary/aromatic N) is 1. The lowest BCUT2D eigenvalue weighted by molar-refractivity contribution is -0.138. The van der Waals surface area contributed by atoms with Crippen LogP contribution in [0, 0.1) is 17.1 Å². The van der Waals surface area contributed by atoms with Gasteiger partial charge in [-0.1, -0.05) is 24.3 Å². The Kier molecular flexibility index (Phi) is 4.84. The third-order valence-corrected chi connectivity index (χ3v) is 2.70. The van der Waals surface area contributed by atoms with Gasteiger partial charge in [-0.05, 0) is 41.5 Å². The van der Waals surface area contributed by atoms with Crippen LogP contribution >= 0.6 is 0 Å². The first-order valence-corrected chi connectivity index (χ1v) is 6.27. The molecule has 21 heavy (non-hydrogen) atoms. The van der Waals surface area contributed by atoms with E-state index in [1.807, 2.05) is 6.07 Å². The summed E-state index contributed by atoms with van der Waals surface area (Å²) in [6.07, 6.45) is 2.72. The number of hydrogen-bond donors (Lipinski definition) is 0. The first kappa shape index (κ1) is 14.5. The maximum absolute atomic E-state index is 13.0. The van der Waals surface area contributed by atoms with Crippen molar-refractivity contribution in [3.05, 3.63) is 77.1 Å². The fourth-order valence-corrected chi connectivity index (χ4v) is 1.71. The van der Waals surface area contributed by atoms with Crippen molar-refractivity contribution in [3.8, 4) is 6.07 Å². The molecule has 0 aliphatic carbocycles. The van der Waals surface area contributed by atoms with Gasteiger partial charge in [0.25, 0.3) is 0 Å². The van der Waals surface area contributed by atoms with Gasteiger partial charge in [-0.2, -0.15) is 5.26 Å². The Morgan fingerprint density at radius 3 is 2.81 bits per heavy atom. The number of hydrogen-bond acceptors (Lipinski definition) is 3. The van der Waals surface area contributed by atoms with Crippen LogP contribution in [0.25, 0.3) is 6.08 Å².